The molecule has 0 radical (unpaired) electrons. The third kappa shape index (κ3) is 5.78. The first kappa shape index (κ1) is 23.3. The Morgan fingerprint density at radius 1 is 1.30 bits per heavy atom. The molecule has 0 atom stereocenters. The average molecular weight is 447 g/mol. The number of hydrogen-bond donors (Lipinski definition) is 4. The number of aliphatic hydroxyl groups is 1. The third-order valence-electron chi connectivity index (χ3n) is 4.44. The summed E-state index contributed by atoms with van der Waals surface area (Å²) in [6.45, 7) is 11.5. The van der Waals surface area contributed by atoms with E-state index >= 15 is 0 Å². The van der Waals surface area contributed by atoms with Crippen LogP contribution in [0.15, 0.2) is 60.6 Å². The van der Waals surface area contributed by atoms with Crippen molar-refractivity contribution in [2.75, 3.05) is 6.54 Å². The van der Waals surface area contributed by atoms with Crippen molar-refractivity contribution in [3.63, 3.8) is 0 Å². The van der Waals surface area contributed by atoms with Crippen LogP contribution in [0.4, 0.5) is 5.69 Å². The van der Waals surface area contributed by atoms with E-state index in [1.807, 2.05) is 13.8 Å². The molecule has 2 aromatic rings. The first-order valence-electron chi connectivity index (χ1n) is 8.97. The van der Waals surface area contributed by atoms with Crippen LogP contribution in [0, 0.1) is 5.41 Å². The minimum absolute atomic E-state index is 0.0492. The van der Waals surface area contributed by atoms with E-state index in [0.29, 0.717) is 39.1 Å². The molecule has 0 spiro atoms. The quantitative estimate of drug-likeness (QED) is 0.318. The van der Waals surface area contributed by atoms with Crippen molar-refractivity contribution >= 4 is 46.4 Å². The van der Waals surface area contributed by atoms with Gasteiger partial charge in [-0.2, -0.15) is 0 Å². The van der Waals surface area contributed by atoms with Gasteiger partial charge in [0.1, 0.15) is 11.4 Å². The van der Waals surface area contributed by atoms with Crippen molar-refractivity contribution in [1.29, 1.82) is 0 Å². The lowest BCUT2D eigenvalue weighted by molar-refractivity contribution is 0.259. The van der Waals surface area contributed by atoms with Crippen LogP contribution in [0.2, 0.25) is 10.0 Å². The number of nitrogens with two attached hydrogens (primary N) is 1. The second kappa shape index (κ2) is 9.69. The Balaban J connectivity index is 2.19. The largest absolute Gasteiger partial charge is 0.512 e. The molecule has 6 nitrogen and oxygen atoms in total. The summed E-state index contributed by atoms with van der Waals surface area (Å²) < 4.78 is 0. The van der Waals surface area contributed by atoms with Crippen LogP contribution < -0.4 is 11.1 Å². The molecule has 1 aromatic carbocycles. The van der Waals surface area contributed by atoms with Crippen molar-refractivity contribution < 1.29 is 10.2 Å². The van der Waals surface area contributed by atoms with E-state index in [1.54, 1.807) is 24.4 Å². The molecule has 0 amide bonds. The predicted octanol–water partition coefficient (Wildman–Crippen LogP) is 5.45. The van der Waals surface area contributed by atoms with Crippen LogP contribution in [-0.4, -0.2) is 28.0 Å². The number of nitrogens with zero attached hydrogens (tertiary/aromatic N) is 2. The molecule has 0 saturated heterocycles. The van der Waals surface area contributed by atoms with Crippen LogP contribution in [0.1, 0.15) is 25.1 Å². The van der Waals surface area contributed by atoms with Crippen LogP contribution in [-0.2, 0) is 0 Å². The number of rotatable bonds is 8. The van der Waals surface area contributed by atoms with Gasteiger partial charge >= 0.3 is 0 Å². The molecule has 158 valence electrons. The number of aliphatic imine (C=N–C) groups is 1. The molecule has 1 aromatic heterocycles. The van der Waals surface area contributed by atoms with Gasteiger partial charge in [-0.25, -0.2) is 0 Å². The summed E-state index contributed by atoms with van der Waals surface area (Å²) >= 11 is 12.0. The van der Waals surface area contributed by atoms with Gasteiger partial charge in [-0.1, -0.05) is 50.2 Å². The molecule has 0 saturated carbocycles. The topological polar surface area (TPSA) is 104 Å². The van der Waals surface area contributed by atoms with Gasteiger partial charge < -0.3 is 21.3 Å². The standard InChI is InChI=1S/C22H24Cl2N4O2/c1-13(28-12-22(3,4)14(2)29)21-20(30)7-15(10-27-21)16(9-25)11-26-19-6-5-17(23)8-18(19)24/h5-11,28-30H,1-2,12,25H2,3-4H3/b16-9+,26-11?. The number of allylic oxidation sites excluding steroid dienone is 1. The van der Waals surface area contributed by atoms with Gasteiger partial charge in [0.25, 0.3) is 0 Å². The molecular formula is C22H24Cl2N4O2. The maximum atomic E-state index is 10.4. The summed E-state index contributed by atoms with van der Waals surface area (Å²) in [7, 11) is 0. The Kier molecular flexibility index (Phi) is 7.54. The Bertz CT molecular complexity index is 1030. The Hall–Kier alpha value is -2.96. The highest BCUT2D eigenvalue weighted by Gasteiger charge is 2.22. The highest BCUT2D eigenvalue weighted by Crippen LogP contribution is 2.29. The first-order valence-corrected chi connectivity index (χ1v) is 9.72. The van der Waals surface area contributed by atoms with Gasteiger partial charge in [0.2, 0.25) is 0 Å². The monoisotopic (exact) mass is 446 g/mol. The van der Waals surface area contributed by atoms with Crippen molar-refractivity contribution in [2.24, 2.45) is 16.1 Å². The van der Waals surface area contributed by atoms with Crippen molar-refractivity contribution in [2.45, 2.75) is 13.8 Å². The fourth-order valence-corrected chi connectivity index (χ4v) is 2.75. The number of halogens is 2. The molecule has 8 heteroatoms. The van der Waals surface area contributed by atoms with Crippen LogP contribution in [0.5, 0.6) is 5.75 Å². The van der Waals surface area contributed by atoms with Gasteiger partial charge in [0.05, 0.1) is 22.2 Å². The summed E-state index contributed by atoms with van der Waals surface area (Å²) in [4.78, 5) is 8.60. The fraction of sp³-hybridized carbons (Fsp3) is 0.182. The molecule has 0 fully saturated rings. The molecule has 30 heavy (non-hydrogen) atoms. The van der Waals surface area contributed by atoms with Gasteiger partial charge in [0, 0.05) is 46.7 Å². The number of aromatic hydroxyl groups is 1. The lowest BCUT2D eigenvalue weighted by Crippen LogP contribution is -2.29. The summed E-state index contributed by atoms with van der Waals surface area (Å²) in [6, 6.07) is 6.47. The second-order valence-corrected chi connectivity index (χ2v) is 8.07. The van der Waals surface area contributed by atoms with Crippen molar-refractivity contribution in [3.05, 3.63) is 76.9 Å². The zero-order chi connectivity index (χ0) is 22.5. The molecule has 0 aliphatic carbocycles. The zero-order valence-electron chi connectivity index (χ0n) is 16.8. The average Bonchev–Trinajstić information content (AvgIpc) is 2.68. The Labute approximate surface area is 186 Å². The van der Waals surface area contributed by atoms with E-state index in [0.717, 1.165) is 0 Å². The van der Waals surface area contributed by atoms with Gasteiger partial charge in [-0.3, -0.25) is 9.98 Å². The number of hydrogen-bond acceptors (Lipinski definition) is 6. The van der Waals surface area contributed by atoms with Crippen LogP contribution in [0.25, 0.3) is 11.3 Å². The third-order valence-corrected chi connectivity index (χ3v) is 4.98. The lowest BCUT2D eigenvalue weighted by Gasteiger charge is -2.24. The van der Waals surface area contributed by atoms with Crippen molar-refractivity contribution in [3.8, 4) is 5.75 Å². The van der Waals surface area contributed by atoms with E-state index in [4.69, 9.17) is 28.9 Å². The van der Waals surface area contributed by atoms with E-state index in [-0.39, 0.29) is 17.2 Å². The van der Waals surface area contributed by atoms with Gasteiger partial charge in [-0.15, -0.1) is 0 Å². The summed E-state index contributed by atoms with van der Waals surface area (Å²) in [5, 5.41) is 24.0. The highest BCUT2D eigenvalue weighted by molar-refractivity contribution is 6.36. The maximum absolute atomic E-state index is 10.4. The number of pyridine rings is 1. The lowest BCUT2D eigenvalue weighted by atomic mass is 9.91. The zero-order valence-corrected chi connectivity index (χ0v) is 18.3. The van der Waals surface area contributed by atoms with Crippen molar-refractivity contribution in [1.82, 2.24) is 10.3 Å². The Morgan fingerprint density at radius 2 is 2.00 bits per heavy atom. The number of nitrogens with one attached hydrogen (secondary N) is 1. The molecule has 5 N–H and O–H groups in total. The molecule has 2 rings (SSSR count). The maximum Gasteiger partial charge on any atom is 0.143 e. The SMILES string of the molecule is C=C(NCC(C)(C)C(=C)O)c1ncc(/C(C=Nc2ccc(Cl)cc2Cl)=C/N)cc1O. The first-order chi connectivity index (χ1) is 14.0. The second-order valence-electron chi connectivity index (χ2n) is 7.23. The van der Waals surface area contributed by atoms with Gasteiger partial charge in [-0.05, 0) is 24.3 Å². The van der Waals surface area contributed by atoms with E-state index in [9.17, 15) is 10.2 Å². The number of aromatic nitrogens is 1. The number of benzene rings is 1. The van der Waals surface area contributed by atoms with Crippen LogP contribution in [0.3, 0.4) is 0 Å². The summed E-state index contributed by atoms with van der Waals surface area (Å²) in [5.74, 6) is -0.0314. The minimum atomic E-state index is -0.562. The molecular weight excluding hydrogens is 423 g/mol. The summed E-state index contributed by atoms with van der Waals surface area (Å²) in [6.07, 6.45) is 4.42. The van der Waals surface area contributed by atoms with E-state index in [2.05, 4.69) is 28.5 Å². The highest BCUT2D eigenvalue weighted by atomic mass is 35.5. The normalized spacial score (nSPS) is 12.2. The minimum Gasteiger partial charge on any atom is -0.512 e. The van der Waals surface area contributed by atoms with E-state index < -0.39 is 5.41 Å². The molecule has 0 aliphatic rings. The molecule has 0 unspecified atom stereocenters. The Morgan fingerprint density at radius 3 is 2.57 bits per heavy atom. The smallest absolute Gasteiger partial charge is 0.143 e. The number of aliphatic hydroxyl groups excluding tert-OH is 1. The fourth-order valence-electron chi connectivity index (χ4n) is 2.30. The van der Waals surface area contributed by atoms with E-state index in [1.165, 1.54) is 18.5 Å². The molecule has 0 aliphatic heterocycles. The van der Waals surface area contributed by atoms with Gasteiger partial charge in [0.15, 0.2) is 0 Å². The molecule has 0 bridgehead atoms. The predicted molar refractivity (Wildman–Crippen MR) is 125 cm³/mol. The van der Waals surface area contributed by atoms with Crippen LogP contribution >= 0.6 is 23.2 Å². The molecule has 1 heterocycles. The summed E-state index contributed by atoms with van der Waals surface area (Å²) in [5.41, 5.74) is 7.48.